The maximum Gasteiger partial charge on any atom is 0.280 e. The van der Waals surface area contributed by atoms with Crippen LogP contribution in [-0.4, -0.2) is 52.8 Å². The van der Waals surface area contributed by atoms with Gasteiger partial charge in [0, 0.05) is 25.8 Å². The fourth-order valence-electron chi connectivity index (χ4n) is 2.77. The zero-order chi connectivity index (χ0) is 18.7. The van der Waals surface area contributed by atoms with E-state index in [1.54, 1.807) is 27.0 Å². The van der Waals surface area contributed by atoms with Crippen LogP contribution in [0.25, 0.3) is 10.2 Å². The van der Waals surface area contributed by atoms with Gasteiger partial charge in [0.1, 0.15) is 0 Å². The van der Waals surface area contributed by atoms with Gasteiger partial charge in [-0.15, -0.1) is 12.4 Å². The minimum absolute atomic E-state index is 0. The van der Waals surface area contributed by atoms with E-state index in [1.165, 1.54) is 5.56 Å². The van der Waals surface area contributed by atoms with Gasteiger partial charge in [-0.3, -0.25) is 14.4 Å². The highest BCUT2D eigenvalue weighted by atomic mass is 35.5. The average molecular weight is 408 g/mol. The van der Waals surface area contributed by atoms with E-state index in [1.807, 2.05) is 27.2 Å². The molecule has 0 bridgehead atoms. The van der Waals surface area contributed by atoms with E-state index in [2.05, 4.69) is 35.1 Å². The quantitative estimate of drug-likeness (QED) is 0.599. The molecule has 3 aromatic rings. The molecule has 0 spiro atoms. The van der Waals surface area contributed by atoms with Gasteiger partial charge in [0.25, 0.3) is 5.91 Å². The van der Waals surface area contributed by atoms with E-state index in [4.69, 9.17) is 4.98 Å². The Morgan fingerprint density at radius 2 is 1.96 bits per heavy atom. The molecule has 2 heterocycles. The molecule has 1 amide bonds. The number of para-hydroxylation sites is 1. The normalized spacial score (nSPS) is 11.0. The smallest absolute Gasteiger partial charge is 0.280 e. The molecule has 8 heteroatoms. The fourth-order valence-corrected chi connectivity index (χ4v) is 3.81. The number of likely N-dealkylation sites (N-methyl/N-ethyl adjacent to an activating group) is 1. The largest absolute Gasteiger partial charge is 0.308 e. The molecule has 0 unspecified atom stereocenters. The summed E-state index contributed by atoms with van der Waals surface area (Å²) in [6, 6.07) is 7.99. The van der Waals surface area contributed by atoms with E-state index in [9.17, 15) is 4.79 Å². The molecule has 0 N–H and O–H groups in total. The number of halogens is 1. The number of carbonyl (C=O) groups is 1. The zero-order valence-electron chi connectivity index (χ0n) is 16.2. The lowest BCUT2D eigenvalue weighted by Gasteiger charge is -2.21. The first-order chi connectivity index (χ1) is 12.5. The third-order valence-electron chi connectivity index (χ3n) is 4.30. The summed E-state index contributed by atoms with van der Waals surface area (Å²) >= 11 is 1.56. The molecular formula is C19H26ClN5OS. The Balaban J connectivity index is 0.00000261. The monoisotopic (exact) mass is 407 g/mol. The number of carbonyl (C=O) groups excluding carboxylic acids is 1. The Kier molecular flexibility index (Phi) is 7.35. The standard InChI is InChI=1S/C19H25N5OS.ClH/c1-5-14-8-7-9-16-17(14)20-19(26-16)24(13-12-22(3)4)18(25)15-10-11-23(6-2)21-15;/h7-11H,5-6,12-13H2,1-4H3;1H. The second-order valence-corrected chi connectivity index (χ2v) is 7.44. The Hall–Kier alpha value is -1.96. The first-order valence-electron chi connectivity index (χ1n) is 8.92. The van der Waals surface area contributed by atoms with Crippen LogP contribution in [-0.2, 0) is 13.0 Å². The molecule has 0 aliphatic heterocycles. The van der Waals surface area contributed by atoms with Gasteiger partial charge in [-0.1, -0.05) is 30.4 Å². The van der Waals surface area contributed by atoms with Gasteiger partial charge >= 0.3 is 0 Å². The number of nitrogens with zero attached hydrogens (tertiary/aromatic N) is 5. The highest BCUT2D eigenvalue weighted by Gasteiger charge is 2.23. The number of fused-ring (bicyclic) bond motifs is 1. The molecule has 0 fully saturated rings. The SMILES string of the molecule is CCc1cccc2sc(N(CCN(C)C)C(=O)c3ccn(CC)n3)nc12.Cl. The Bertz CT molecular complexity index is 905. The summed E-state index contributed by atoms with van der Waals surface area (Å²) in [6.07, 6.45) is 2.76. The van der Waals surface area contributed by atoms with Gasteiger partial charge in [-0.25, -0.2) is 4.98 Å². The lowest BCUT2D eigenvalue weighted by Crippen LogP contribution is -2.37. The van der Waals surface area contributed by atoms with Gasteiger partial charge in [-0.2, -0.15) is 5.10 Å². The molecule has 0 aliphatic rings. The number of amides is 1. The van der Waals surface area contributed by atoms with E-state index in [0.717, 1.165) is 34.9 Å². The number of anilines is 1. The van der Waals surface area contributed by atoms with E-state index >= 15 is 0 Å². The number of rotatable bonds is 7. The molecule has 2 aromatic heterocycles. The van der Waals surface area contributed by atoms with Gasteiger partial charge in [0.2, 0.25) is 0 Å². The zero-order valence-corrected chi connectivity index (χ0v) is 17.8. The fraction of sp³-hybridized carbons (Fsp3) is 0.421. The molecule has 0 aliphatic carbocycles. The first kappa shape index (κ1) is 21.3. The molecule has 27 heavy (non-hydrogen) atoms. The highest BCUT2D eigenvalue weighted by Crippen LogP contribution is 2.31. The van der Waals surface area contributed by atoms with Crippen molar-refractivity contribution in [3.8, 4) is 0 Å². The number of thiazole rings is 1. The van der Waals surface area contributed by atoms with Crippen LogP contribution < -0.4 is 4.90 Å². The van der Waals surface area contributed by atoms with Crippen LogP contribution in [0.1, 0.15) is 29.9 Å². The van der Waals surface area contributed by atoms with Crippen molar-refractivity contribution in [1.29, 1.82) is 0 Å². The van der Waals surface area contributed by atoms with Gasteiger partial charge in [-0.05, 0) is 45.1 Å². The van der Waals surface area contributed by atoms with Crippen molar-refractivity contribution in [3.05, 3.63) is 41.7 Å². The Labute approximate surface area is 170 Å². The summed E-state index contributed by atoms with van der Waals surface area (Å²) in [5.74, 6) is -0.101. The van der Waals surface area contributed by atoms with Crippen LogP contribution in [0.3, 0.4) is 0 Å². The van der Waals surface area contributed by atoms with Gasteiger partial charge in [0.05, 0.1) is 10.2 Å². The number of benzene rings is 1. The van der Waals surface area contributed by atoms with Crippen molar-refractivity contribution in [2.24, 2.45) is 0 Å². The summed E-state index contributed by atoms with van der Waals surface area (Å²) in [5, 5.41) is 5.11. The summed E-state index contributed by atoms with van der Waals surface area (Å²) < 4.78 is 2.88. The minimum atomic E-state index is -0.101. The molecule has 6 nitrogen and oxygen atoms in total. The van der Waals surface area contributed by atoms with Crippen LogP contribution in [0.15, 0.2) is 30.5 Å². The third kappa shape index (κ3) is 4.66. The average Bonchev–Trinajstić information content (AvgIpc) is 3.27. The maximum absolute atomic E-state index is 13.1. The number of hydrogen-bond acceptors (Lipinski definition) is 5. The van der Waals surface area contributed by atoms with Crippen molar-refractivity contribution in [2.75, 3.05) is 32.1 Å². The number of aromatic nitrogens is 3. The Morgan fingerprint density at radius 3 is 2.59 bits per heavy atom. The summed E-state index contributed by atoms with van der Waals surface area (Å²) in [5.41, 5.74) is 2.66. The molecule has 1 aromatic carbocycles. The summed E-state index contributed by atoms with van der Waals surface area (Å²) in [6.45, 7) is 6.21. The van der Waals surface area contributed by atoms with Crippen molar-refractivity contribution in [2.45, 2.75) is 26.8 Å². The minimum Gasteiger partial charge on any atom is -0.308 e. The van der Waals surface area contributed by atoms with Gasteiger partial charge in [0.15, 0.2) is 10.8 Å². The Morgan fingerprint density at radius 1 is 1.19 bits per heavy atom. The second kappa shape index (κ2) is 9.30. The van der Waals surface area contributed by atoms with E-state index in [0.29, 0.717) is 12.2 Å². The second-order valence-electron chi connectivity index (χ2n) is 6.43. The molecule has 0 saturated carbocycles. The van der Waals surface area contributed by atoms with Crippen molar-refractivity contribution < 1.29 is 4.79 Å². The van der Waals surface area contributed by atoms with Crippen molar-refractivity contribution in [1.82, 2.24) is 19.7 Å². The highest BCUT2D eigenvalue weighted by molar-refractivity contribution is 7.22. The third-order valence-corrected chi connectivity index (χ3v) is 5.35. The van der Waals surface area contributed by atoms with Crippen LogP contribution in [0.2, 0.25) is 0 Å². The topological polar surface area (TPSA) is 54.3 Å². The van der Waals surface area contributed by atoms with Crippen LogP contribution in [0.4, 0.5) is 5.13 Å². The van der Waals surface area contributed by atoms with E-state index < -0.39 is 0 Å². The lowest BCUT2D eigenvalue weighted by atomic mass is 10.1. The van der Waals surface area contributed by atoms with Crippen molar-refractivity contribution >= 4 is 45.0 Å². The van der Waals surface area contributed by atoms with Crippen LogP contribution >= 0.6 is 23.7 Å². The maximum atomic E-state index is 13.1. The number of aryl methyl sites for hydroxylation is 2. The predicted octanol–water partition coefficient (Wildman–Crippen LogP) is 3.71. The van der Waals surface area contributed by atoms with Gasteiger partial charge < -0.3 is 4.90 Å². The lowest BCUT2D eigenvalue weighted by molar-refractivity contribution is 0.0979. The van der Waals surface area contributed by atoms with Crippen molar-refractivity contribution in [3.63, 3.8) is 0 Å². The van der Waals surface area contributed by atoms with Crippen LogP contribution in [0.5, 0.6) is 0 Å². The molecule has 0 radical (unpaired) electrons. The van der Waals surface area contributed by atoms with E-state index in [-0.39, 0.29) is 18.3 Å². The molecule has 3 rings (SSSR count). The molecule has 0 saturated heterocycles. The van der Waals surface area contributed by atoms with Crippen LogP contribution in [0, 0.1) is 0 Å². The predicted molar refractivity (Wildman–Crippen MR) is 114 cm³/mol. The molecular weight excluding hydrogens is 382 g/mol. The molecule has 146 valence electrons. The summed E-state index contributed by atoms with van der Waals surface area (Å²) in [4.78, 5) is 21.7. The first-order valence-corrected chi connectivity index (χ1v) is 9.73. The number of hydrogen-bond donors (Lipinski definition) is 0. The molecule has 0 atom stereocenters. The summed E-state index contributed by atoms with van der Waals surface area (Å²) in [7, 11) is 4.00.